The van der Waals surface area contributed by atoms with Crippen LogP contribution in [-0.2, 0) is 9.53 Å². The summed E-state index contributed by atoms with van der Waals surface area (Å²) in [5.41, 5.74) is 0.123. The van der Waals surface area contributed by atoms with Crippen molar-refractivity contribution in [1.82, 2.24) is 10.3 Å². The number of carbonyl (C=O) groups is 2. The first-order chi connectivity index (χ1) is 11.6. The van der Waals surface area contributed by atoms with E-state index in [1.165, 1.54) is 13.3 Å². The third-order valence-corrected chi connectivity index (χ3v) is 3.19. The zero-order valence-corrected chi connectivity index (χ0v) is 14.6. The molecule has 0 unspecified atom stereocenters. The van der Waals surface area contributed by atoms with Crippen LogP contribution in [0, 0.1) is 0 Å². The fraction of sp³-hybridized carbons (Fsp3) is 0.588. The van der Waals surface area contributed by atoms with E-state index < -0.39 is 11.9 Å². The van der Waals surface area contributed by atoms with Crippen molar-refractivity contribution in [3.8, 4) is 11.5 Å². The maximum atomic E-state index is 12.2. The number of methoxy groups -OCH3 is 1. The molecule has 0 aliphatic carbocycles. The smallest absolute Gasteiger partial charge is 0.325 e. The third kappa shape index (κ3) is 6.85. The van der Waals surface area contributed by atoms with Gasteiger partial charge in [0.1, 0.15) is 12.3 Å². The quantitative estimate of drug-likeness (QED) is 0.492. The standard InChI is InChI=1S/C17H26N2O5/c1-4-6-8-23-13-10-14(24-9-7-5-2)16(18-11-13)17(21)19-12-15(20)22-3/h10-11H,4-9,12H2,1-3H3,(H,19,21). The maximum Gasteiger partial charge on any atom is 0.325 e. The van der Waals surface area contributed by atoms with E-state index in [0.717, 1.165) is 25.7 Å². The molecular formula is C17H26N2O5. The Hall–Kier alpha value is -2.31. The number of amides is 1. The van der Waals surface area contributed by atoms with Crippen molar-refractivity contribution < 1.29 is 23.8 Å². The van der Waals surface area contributed by atoms with Crippen molar-refractivity contribution in [1.29, 1.82) is 0 Å². The summed E-state index contributed by atoms with van der Waals surface area (Å²) in [6.07, 6.45) is 5.29. The molecule has 0 aliphatic rings. The van der Waals surface area contributed by atoms with Gasteiger partial charge >= 0.3 is 5.97 Å². The molecule has 1 aromatic rings. The monoisotopic (exact) mass is 338 g/mol. The van der Waals surface area contributed by atoms with E-state index in [4.69, 9.17) is 9.47 Å². The van der Waals surface area contributed by atoms with Crippen molar-refractivity contribution in [3.63, 3.8) is 0 Å². The number of ether oxygens (including phenoxy) is 3. The van der Waals surface area contributed by atoms with Crippen molar-refractivity contribution in [2.45, 2.75) is 39.5 Å². The number of aromatic nitrogens is 1. The number of nitrogens with zero attached hydrogens (tertiary/aromatic N) is 1. The highest BCUT2D eigenvalue weighted by Gasteiger charge is 2.17. The number of pyridine rings is 1. The van der Waals surface area contributed by atoms with Gasteiger partial charge in [0.15, 0.2) is 11.4 Å². The lowest BCUT2D eigenvalue weighted by atomic mass is 10.3. The molecule has 0 saturated heterocycles. The molecule has 1 heterocycles. The van der Waals surface area contributed by atoms with E-state index in [-0.39, 0.29) is 12.2 Å². The number of unbranched alkanes of at least 4 members (excludes halogenated alkanes) is 2. The highest BCUT2D eigenvalue weighted by molar-refractivity contribution is 5.96. The summed E-state index contributed by atoms with van der Waals surface area (Å²) < 4.78 is 15.7. The van der Waals surface area contributed by atoms with E-state index in [0.29, 0.717) is 24.7 Å². The van der Waals surface area contributed by atoms with Crippen molar-refractivity contribution in [2.24, 2.45) is 0 Å². The molecule has 1 amide bonds. The van der Waals surface area contributed by atoms with E-state index in [1.54, 1.807) is 6.07 Å². The normalized spacial score (nSPS) is 10.1. The molecular weight excluding hydrogens is 312 g/mol. The molecule has 1 rings (SSSR count). The van der Waals surface area contributed by atoms with Crippen LogP contribution < -0.4 is 14.8 Å². The van der Waals surface area contributed by atoms with Crippen LogP contribution in [0.15, 0.2) is 12.3 Å². The Kier molecular flexibility index (Phi) is 9.26. The van der Waals surface area contributed by atoms with E-state index in [9.17, 15) is 9.59 Å². The molecule has 1 N–H and O–H groups in total. The number of carbonyl (C=O) groups excluding carboxylic acids is 2. The molecule has 0 fully saturated rings. The van der Waals surface area contributed by atoms with Crippen LogP contribution in [0.1, 0.15) is 50.0 Å². The van der Waals surface area contributed by atoms with Gasteiger partial charge in [-0.25, -0.2) is 4.98 Å². The second-order valence-electron chi connectivity index (χ2n) is 5.18. The van der Waals surface area contributed by atoms with E-state index in [2.05, 4.69) is 28.9 Å². The number of rotatable bonds is 11. The SMILES string of the molecule is CCCCOc1cnc(C(=O)NCC(=O)OC)c(OCCCC)c1. The largest absolute Gasteiger partial charge is 0.492 e. The fourth-order valence-corrected chi connectivity index (χ4v) is 1.76. The molecule has 0 saturated carbocycles. The Bertz CT molecular complexity index is 534. The number of hydrogen-bond donors (Lipinski definition) is 1. The molecule has 24 heavy (non-hydrogen) atoms. The lowest BCUT2D eigenvalue weighted by molar-refractivity contribution is -0.139. The maximum absolute atomic E-state index is 12.2. The van der Waals surface area contributed by atoms with Gasteiger partial charge in [0.05, 0.1) is 26.5 Å². The fourth-order valence-electron chi connectivity index (χ4n) is 1.76. The summed E-state index contributed by atoms with van der Waals surface area (Å²) in [5.74, 6) is -0.123. The zero-order chi connectivity index (χ0) is 17.8. The highest BCUT2D eigenvalue weighted by Crippen LogP contribution is 2.23. The van der Waals surface area contributed by atoms with E-state index in [1.807, 2.05) is 0 Å². The molecule has 7 nitrogen and oxygen atoms in total. The van der Waals surface area contributed by atoms with Crippen LogP contribution in [0.3, 0.4) is 0 Å². The first-order valence-corrected chi connectivity index (χ1v) is 8.23. The Balaban J connectivity index is 2.82. The summed E-state index contributed by atoms with van der Waals surface area (Å²) >= 11 is 0. The van der Waals surface area contributed by atoms with Gasteiger partial charge in [-0.2, -0.15) is 0 Å². The topological polar surface area (TPSA) is 86.8 Å². The summed E-state index contributed by atoms with van der Waals surface area (Å²) in [5, 5.41) is 2.46. The first kappa shape index (κ1) is 19.7. The van der Waals surface area contributed by atoms with Gasteiger partial charge in [-0.3, -0.25) is 9.59 Å². The van der Waals surface area contributed by atoms with Gasteiger partial charge in [0.25, 0.3) is 5.91 Å². The lowest BCUT2D eigenvalue weighted by Crippen LogP contribution is -2.31. The van der Waals surface area contributed by atoms with Gasteiger partial charge < -0.3 is 19.5 Å². The molecule has 0 spiro atoms. The average Bonchev–Trinajstić information content (AvgIpc) is 2.60. The van der Waals surface area contributed by atoms with Gasteiger partial charge in [-0.1, -0.05) is 26.7 Å². The summed E-state index contributed by atoms with van der Waals surface area (Å²) in [6.45, 7) is 4.97. The molecule has 134 valence electrons. The predicted molar refractivity (Wildman–Crippen MR) is 89.4 cm³/mol. The summed E-state index contributed by atoms with van der Waals surface area (Å²) in [4.78, 5) is 27.4. The second-order valence-corrected chi connectivity index (χ2v) is 5.18. The van der Waals surface area contributed by atoms with Crippen LogP contribution in [0.2, 0.25) is 0 Å². The molecule has 7 heteroatoms. The summed E-state index contributed by atoms with van der Waals surface area (Å²) in [6, 6.07) is 1.66. The van der Waals surface area contributed by atoms with E-state index >= 15 is 0 Å². The molecule has 0 aromatic carbocycles. The van der Waals surface area contributed by atoms with Gasteiger partial charge in [0.2, 0.25) is 0 Å². The van der Waals surface area contributed by atoms with Gasteiger partial charge in [-0.05, 0) is 12.8 Å². The van der Waals surface area contributed by atoms with Crippen molar-refractivity contribution >= 4 is 11.9 Å². The molecule has 0 aliphatic heterocycles. The highest BCUT2D eigenvalue weighted by atomic mass is 16.5. The Morgan fingerprint density at radius 1 is 1.12 bits per heavy atom. The predicted octanol–water partition coefficient (Wildman–Crippen LogP) is 2.34. The van der Waals surface area contributed by atoms with Crippen LogP contribution in [-0.4, -0.2) is 43.7 Å². The van der Waals surface area contributed by atoms with Gasteiger partial charge in [-0.15, -0.1) is 0 Å². The minimum absolute atomic E-state index is 0.123. The van der Waals surface area contributed by atoms with Gasteiger partial charge in [0, 0.05) is 6.07 Å². The second kappa shape index (κ2) is 11.3. The van der Waals surface area contributed by atoms with Crippen molar-refractivity contribution in [2.75, 3.05) is 26.9 Å². The minimum Gasteiger partial charge on any atom is -0.492 e. The van der Waals surface area contributed by atoms with Crippen molar-refractivity contribution in [3.05, 3.63) is 18.0 Å². The number of esters is 1. The van der Waals surface area contributed by atoms with Crippen LogP contribution in [0.5, 0.6) is 11.5 Å². The molecule has 0 radical (unpaired) electrons. The van der Waals surface area contributed by atoms with Crippen LogP contribution in [0.25, 0.3) is 0 Å². The zero-order valence-electron chi connectivity index (χ0n) is 14.6. The number of nitrogens with one attached hydrogen (secondary N) is 1. The average molecular weight is 338 g/mol. The molecule has 0 atom stereocenters. The Labute approximate surface area is 142 Å². The minimum atomic E-state index is -0.531. The molecule has 0 bridgehead atoms. The summed E-state index contributed by atoms with van der Waals surface area (Å²) in [7, 11) is 1.26. The van der Waals surface area contributed by atoms with Crippen LogP contribution in [0.4, 0.5) is 0 Å². The lowest BCUT2D eigenvalue weighted by Gasteiger charge is -2.13. The third-order valence-electron chi connectivity index (χ3n) is 3.19. The van der Waals surface area contributed by atoms with Crippen LogP contribution >= 0.6 is 0 Å². The number of hydrogen-bond acceptors (Lipinski definition) is 6. The molecule has 1 aromatic heterocycles. The Morgan fingerprint density at radius 3 is 2.42 bits per heavy atom. The first-order valence-electron chi connectivity index (χ1n) is 8.23. The Morgan fingerprint density at radius 2 is 1.79 bits per heavy atom.